The van der Waals surface area contributed by atoms with E-state index in [-0.39, 0.29) is 5.69 Å². The molecule has 2 aromatic carbocycles. The summed E-state index contributed by atoms with van der Waals surface area (Å²) in [7, 11) is 0. The van der Waals surface area contributed by atoms with Crippen molar-refractivity contribution in [3.8, 4) is 0 Å². The number of rotatable bonds is 4. The first-order valence-electron chi connectivity index (χ1n) is 7.86. The molecule has 2 N–H and O–H groups in total. The summed E-state index contributed by atoms with van der Waals surface area (Å²) < 4.78 is 0. The minimum absolute atomic E-state index is 0.197. The van der Waals surface area contributed by atoms with E-state index in [2.05, 4.69) is 26.7 Å². The van der Waals surface area contributed by atoms with Crippen LogP contribution in [0.5, 0.6) is 0 Å². The molecule has 0 atom stereocenters. The lowest BCUT2D eigenvalue weighted by Gasteiger charge is -2.10. The lowest BCUT2D eigenvalue weighted by Crippen LogP contribution is -2.15. The summed E-state index contributed by atoms with van der Waals surface area (Å²) in [6.07, 6.45) is 1.51. The zero-order chi connectivity index (χ0) is 18.7. The molecule has 0 saturated carbocycles. The minimum atomic E-state index is -0.425. The quantitative estimate of drug-likeness (QED) is 0.629. The zero-order valence-corrected chi connectivity index (χ0v) is 15.7. The largest absolute Gasteiger partial charge is 0.324 e. The van der Waals surface area contributed by atoms with Gasteiger partial charge in [-0.1, -0.05) is 35.3 Å². The van der Waals surface area contributed by atoms with Crippen molar-refractivity contribution >= 4 is 46.4 Å². The number of hydrogen-bond donors (Lipinski definition) is 2. The van der Waals surface area contributed by atoms with Crippen LogP contribution in [0.2, 0.25) is 10.0 Å². The number of para-hydroxylation sites is 1. The van der Waals surface area contributed by atoms with E-state index in [0.717, 1.165) is 16.8 Å². The van der Waals surface area contributed by atoms with Gasteiger partial charge in [-0.05, 0) is 55.3 Å². The number of amides is 1. The van der Waals surface area contributed by atoms with Crippen LogP contribution in [0.25, 0.3) is 0 Å². The van der Waals surface area contributed by atoms with Crippen molar-refractivity contribution in [1.82, 2.24) is 9.97 Å². The van der Waals surface area contributed by atoms with E-state index < -0.39 is 5.91 Å². The number of carbonyl (C=O) groups is 1. The molecular weight excluding hydrogens is 371 g/mol. The Morgan fingerprint density at radius 1 is 1.00 bits per heavy atom. The summed E-state index contributed by atoms with van der Waals surface area (Å²) in [6, 6.07) is 12.6. The molecular formula is C19H16Cl2N4O. The van der Waals surface area contributed by atoms with E-state index in [4.69, 9.17) is 23.2 Å². The van der Waals surface area contributed by atoms with Gasteiger partial charge in [0.25, 0.3) is 5.91 Å². The van der Waals surface area contributed by atoms with Crippen molar-refractivity contribution in [3.05, 3.63) is 75.5 Å². The van der Waals surface area contributed by atoms with E-state index in [1.807, 2.05) is 26.0 Å². The molecule has 3 rings (SSSR count). The molecule has 0 fully saturated rings. The third kappa shape index (κ3) is 4.31. The van der Waals surface area contributed by atoms with Crippen LogP contribution in [0.3, 0.4) is 0 Å². The Bertz CT molecular complexity index is 935. The van der Waals surface area contributed by atoms with Crippen LogP contribution in [-0.4, -0.2) is 15.9 Å². The van der Waals surface area contributed by atoms with Gasteiger partial charge in [0.05, 0.1) is 15.7 Å². The zero-order valence-electron chi connectivity index (χ0n) is 14.2. The second-order valence-corrected chi connectivity index (χ2v) is 6.63. The molecule has 0 unspecified atom stereocenters. The molecule has 1 heterocycles. The highest BCUT2D eigenvalue weighted by Gasteiger charge is 2.13. The van der Waals surface area contributed by atoms with Gasteiger partial charge in [-0.15, -0.1) is 0 Å². The first-order chi connectivity index (χ1) is 12.4. The number of aromatic nitrogens is 2. The Kier molecular flexibility index (Phi) is 5.40. The van der Waals surface area contributed by atoms with Crippen molar-refractivity contribution in [2.75, 3.05) is 10.6 Å². The smallest absolute Gasteiger partial charge is 0.274 e. The van der Waals surface area contributed by atoms with E-state index >= 15 is 0 Å². The van der Waals surface area contributed by atoms with Crippen LogP contribution in [-0.2, 0) is 0 Å². The average molecular weight is 387 g/mol. The molecule has 132 valence electrons. The van der Waals surface area contributed by atoms with E-state index in [0.29, 0.717) is 21.7 Å². The lowest BCUT2D eigenvalue weighted by atomic mass is 10.1. The Balaban J connectivity index is 1.81. The van der Waals surface area contributed by atoms with E-state index in [1.165, 1.54) is 12.3 Å². The Labute approximate surface area is 161 Å². The normalized spacial score (nSPS) is 10.5. The van der Waals surface area contributed by atoms with Crippen molar-refractivity contribution in [3.63, 3.8) is 0 Å². The molecule has 1 aromatic heterocycles. The maximum atomic E-state index is 12.5. The lowest BCUT2D eigenvalue weighted by molar-refractivity contribution is 0.102. The first-order valence-corrected chi connectivity index (χ1v) is 8.62. The number of nitrogens with one attached hydrogen (secondary N) is 2. The average Bonchev–Trinajstić information content (AvgIpc) is 2.57. The molecule has 3 aromatic rings. The standard InChI is InChI=1S/C19H16Cl2N4O/c1-11-8-12(2)10-13(9-11)23-19-22-7-6-16(24-19)18(26)25-17-14(20)4-3-5-15(17)21/h3-10H,1-2H3,(H,25,26)(H,22,23,24). The molecule has 0 aliphatic rings. The number of benzene rings is 2. The second-order valence-electron chi connectivity index (χ2n) is 5.82. The molecule has 0 saturated heterocycles. The summed E-state index contributed by atoms with van der Waals surface area (Å²) in [5.74, 6) is -0.0984. The van der Waals surface area contributed by atoms with Crippen LogP contribution in [0.15, 0.2) is 48.7 Å². The molecule has 0 radical (unpaired) electrons. The fraction of sp³-hybridized carbons (Fsp3) is 0.105. The van der Waals surface area contributed by atoms with Crippen molar-refractivity contribution in [2.45, 2.75) is 13.8 Å². The first kappa shape index (κ1) is 18.2. The summed E-state index contributed by atoms with van der Waals surface area (Å²) in [5.41, 5.74) is 3.64. The molecule has 5 nitrogen and oxygen atoms in total. The third-order valence-electron chi connectivity index (χ3n) is 3.57. The van der Waals surface area contributed by atoms with Gasteiger partial charge in [0.15, 0.2) is 0 Å². The molecule has 1 amide bonds. The Morgan fingerprint density at radius 3 is 2.31 bits per heavy atom. The van der Waals surface area contributed by atoms with Crippen LogP contribution in [0, 0.1) is 13.8 Å². The summed E-state index contributed by atoms with van der Waals surface area (Å²) in [5, 5.41) is 6.51. The fourth-order valence-electron chi connectivity index (χ4n) is 2.52. The fourth-order valence-corrected chi connectivity index (χ4v) is 3.01. The molecule has 0 aliphatic heterocycles. The highest BCUT2D eigenvalue weighted by atomic mass is 35.5. The SMILES string of the molecule is Cc1cc(C)cc(Nc2nccc(C(=O)Nc3c(Cl)cccc3Cl)n2)c1. The van der Waals surface area contributed by atoms with E-state index in [1.54, 1.807) is 18.2 Å². The predicted molar refractivity (Wildman–Crippen MR) is 106 cm³/mol. The number of aryl methyl sites for hydroxylation is 2. The summed E-state index contributed by atoms with van der Waals surface area (Å²) in [4.78, 5) is 20.9. The Hall–Kier alpha value is -2.63. The van der Waals surface area contributed by atoms with Gasteiger partial charge in [-0.3, -0.25) is 4.79 Å². The summed E-state index contributed by atoms with van der Waals surface area (Å²) in [6.45, 7) is 4.02. The maximum Gasteiger partial charge on any atom is 0.274 e. The minimum Gasteiger partial charge on any atom is -0.324 e. The van der Waals surface area contributed by atoms with Crippen molar-refractivity contribution in [2.24, 2.45) is 0 Å². The van der Waals surface area contributed by atoms with Gasteiger partial charge in [0.1, 0.15) is 5.69 Å². The Morgan fingerprint density at radius 2 is 1.65 bits per heavy atom. The van der Waals surface area contributed by atoms with Crippen molar-refractivity contribution < 1.29 is 4.79 Å². The van der Waals surface area contributed by atoms with E-state index in [9.17, 15) is 4.79 Å². The van der Waals surface area contributed by atoms with Crippen LogP contribution in [0.1, 0.15) is 21.6 Å². The number of hydrogen-bond acceptors (Lipinski definition) is 4. The monoisotopic (exact) mass is 386 g/mol. The van der Waals surface area contributed by atoms with Gasteiger partial charge >= 0.3 is 0 Å². The van der Waals surface area contributed by atoms with Crippen LogP contribution >= 0.6 is 23.2 Å². The second kappa shape index (κ2) is 7.72. The molecule has 0 bridgehead atoms. The number of anilines is 3. The number of carbonyl (C=O) groups excluding carboxylic acids is 1. The summed E-state index contributed by atoms with van der Waals surface area (Å²) >= 11 is 12.2. The highest BCUT2D eigenvalue weighted by Crippen LogP contribution is 2.30. The van der Waals surface area contributed by atoms with Gasteiger partial charge in [-0.25, -0.2) is 9.97 Å². The van der Waals surface area contributed by atoms with Crippen molar-refractivity contribution in [1.29, 1.82) is 0 Å². The number of halogens is 2. The molecule has 7 heteroatoms. The molecule has 0 aliphatic carbocycles. The highest BCUT2D eigenvalue weighted by molar-refractivity contribution is 6.40. The van der Waals surface area contributed by atoms with Gasteiger partial charge in [0, 0.05) is 11.9 Å². The van der Waals surface area contributed by atoms with Gasteiger partial charge in [-0.2, -0.15) is 0 Å². The van der Waals surface area contributed by atoms with Crippen LogP contribution in [0.4, 0.5) is 17.3 Å². The third-order valence-corrected chi connectivity index (χ3v) is 4.20. The molecule has 26 heavy (non-hydrogen) atoms. The predicted octanol–water partition coefficient (Wildman–Crippen LogP) is 5.40. The number of nitrogens with zero attached hydrogens (tertiary/aromatic N) is 2. The topological polar surface area (TPSA) is 66.9 Å². The van der Waals surface area contributed by atoms with Crippen LogP contribution < -0.4 is 10.6 Å². The van der Waals surface area contributed by atoms with Gasteiger partial charge < -0.3 is 10.6 Å². The maximum absolute atomic E-state index is 12.5. The van der Waals surface area contributed by atoms with Gasteiger partial charge in [0.2, 0.25) is 5.95 Å². The molecule has 0 spiro atoms.